The van der Waals surface area contributed by atoms with Gasteiger partial charge in [-0.2, -0.15) is 5.10 Å². The second-order valence-corrected chi connectivity index (χ2v) is 4.83. The van der Waals surface area contributed by atoms with Crippen LogP contribution in [0.4, 0.5) is 0 Å². The van der Waals surface area contributed by atoms with Gasteiger partial charge in [0, 0.05) is 32.4 Å². The standard InChI is InChI=1S/C13H22N2O2/c1-3-11-8-12(15(2)14-11)9-13(16)10-4-6-17-7-5-10/h8,10,13,16H,3-7,9H2,1-2H3. The molecule has 1 aliphatic rings. The number of aryl methyl sites for hydroxylation is 2. The molecule has 1 aromatic heterocycles. The summed E-state index contributed by atoms with van der Waals surface area (Å²) in [6, 6.07) is 2.10. The molecule has 0 aliphatic carbocycles. The van der Waals surface area contributed by atoms with Crippen LogP contribution in [0.2, 0.25) is 0 Å². The minimum atomic E-state index is -0.265. The van der Waals surface area contributed by atoms with Gasteiger partial charge in [0.05, 0.1) is 11.8 Å². The lowest BCUT2D eigenvalue weighted by Gasteiger charge is -2.26. The molecule has 1 saturated heterocycles. The Morgan fingerprint density at radius 3 is 2.82 bits per heavy atom. The third-order valence-electron chi connectivity index (χ3n) is 3.62. The zero-order valence-corrected chi connectivity index (χ0v) is 10.7. The summed E-state index contributed by atoms with van der Waals surface area (Å²) in [5, 5.41) is 14.6. The molecule has 0 amide bonds. The first kappa shape index (κ1) is 12.6. The number of aliphatic hydroxyl groups excluding tert-OH is 1. The lowest BCUT2D eigenvalue weighted by Crippen LogP contribution is -2.29. The van der Waals surface area contributed by atoms with Crippen LogP contribution in [0, 0.1) is 5.92 Å². The number of hydrogen-bond donors (Lipinski definition) is 1. The van der Waals surface area contributed by atoms with E-state index >= 15 is 0 Å². The van der Waals surface area contributed by atoms with Gasteiger partial charge in [-0.3, -0.25) is 4.68 Å². The predicted molar refractivity (Wildman–Crippen MR) is 65.8 cm³/mol. The number of nitrogens with zero attached hydrogens (tertiary/aromatic N) is 2. The average molecular weight is 238 g/mol. The predicted octanol–water partition coefficient (Wildman–Crippen LogP) is 1.31. The molecule has 0 saturated carbocycles. The normalized spacial score (nSPS) is 19.5. The molecule has 0 radical (unpaired) electrons. The van der Waals surface area contributed by atoms with Crippen molar-refractivity contribution in [3.8, 4) is 0 Å². The van der Waals surface area contributed by atoms with Crippen LogP contribution >= 0.6 is 0 Å². The van der Waals surface area contributed by atoms with E-state index in [1.807, 2.05) is 11.7 Å². The van der Waals surface area contributed by atoms with Crippen LogP contribution in [0.3, 0.4) is 0 Å². The first-order chi connectivity index (χ1) is 8.20. The molecule has 4 nitrogen and oxygen atoms in total. The van der Waals surface area contributed by atoms with Gasteiger partial charge in [0.1, 0.15) is 0 Å². The molecule has 0 aromatic carbocycles. The van der Waals surface area contributed by atoms with Crippen molar-refractivity contribution in [1.82, 2.24) is 9.78 Å². The SMILES string of the molecule is CCc1cc(CC(O)C2CCOCC2)n(C)n1. The van der Waals surface area contributed by atoms with E-state index in [4.69, 9.17) is 4.74 Å². The van der Waals surface area contributed by atoms with Crippen LogP contribution in [-0.2, 0) is 24.6 Å². The zero-order valence-electron chi connectivity index (χ0n) is 10.7. The monoisotopic (exact) mass is 238 g/mol. The Balaban J connectivity index is 1.96. The summed E-state index contributed by atoms with van der Waals surface area (Å²) in [5.41, 5.74) is 2.22. The first-order valence-electron chi connectivity index (χ1n) is 6.48. The fourth-order valence-electron chi connectivity index (χ4n) is 2.42. The summed E-state index contributed by atoms with van der Waals surface area (Å²) < 4.78 is 7.21. The molecule has 1 aliphatic heterocycles. The van der Waals surface area contributed by atoms with E-state index in [1.54, 1.807) is 0 Å². The highest BCUT2D eigenvalue weighted by molar-refractivity contribution is 5.11. The molecule has 0 bridgehead atoms. The molecule has 1 N–H and O–H groups in total. The molecule has 1 fully saturated rings. The van der Waals surface area contributed by atoms with Crippen molar-refractivity contribution in [3.05, 3.63) is 17.5 Å². The number of aromatic nitrogens is 2. The zero-order chi connectivity index (χ0) is 12.3. The highest BCUT2D eigenvalue weighted by Gasteiger charge is 2.23. The van der Waals surface area contributed by atoms with Gasteiger partial charge in [0.2, 0.25) is 0 Å². The van der Waals surface area contributed by atoms with Gasteiger partial charge in [-0.15, -0.1) is 0 Å². The molecule has 4 heteroatoms. The van der Waals surface area contributed by atoms with Crippen molar-refractivity contribution in [1.29, 1.82) is 0 Å². The third-order valence-corrected chi connectivity index (χ3v) is 3.62. The second-order valence-electron chi connectivity index (χ2n) is 4.83. The van der Waals surface area contributed by atoms with Gasteiger partial charge in [0.25, 0.3) is 0 Å². The second kappa shape index (κ2) is 5.65. The Hall–Kier alpha value is -0.870. The highest BCUT2D eigenvalue weighted by Crippen LogP contribution is 2.21. The van der Waals surface area contributed by atoms with E-state index < -0.39 is 0 Å². The van der Waals surface area contributed by atoms with Crippen LogP contribution < -0.4 is 0 Å². The maximum atomic E-state index is 10.2. The van der Waals surface area contributed by atoms with Crippen molar-refractivity contribution >= 4 is 0 Å². The van der Waals surface area contributed by atoms with Crippen LogP contribution in [0.25, 0.3) is 0 Å². The van der Waals surface area contributed by atoms with E-state index in [1.165, 1.54) is 0 Å². The fourth-order valence-corrected chi connectivity index (χ4v) is 2.42. The van der Waals surface area contributed by atoms with E-state index in [2.05, 4.69) is 18.1 Å². The average Bonchev–Trinajstić information content (AvgIpc) is 2.71. The molecule has 1 unspecified atom stereocenters. The lowest BCUT2D eigenvalue weighted by molar-refractivity contribution is 0.00777. The molecule has 2 rings (SSSR count). The summed E-state index contributed by atoms with van der Waals surface area (Å²) in [7, 11) is 1.95. The Bertz CT molecular complexity index is 356. The van der Waals surface area contributed by atoms with Gasteiger partial charge >= 0.3 is 0 Å². The van der Waals surface area contributed by atoms with Gasteiger partial charge < -0.3 is 9.84 Å². The van der Waals surface area contributed by atoms with Crippen molar-refractivity contribution in [2.24, 2.45) is 13.0 Å². The maximum Gasteiger partial charge on any atom is 0.0625 e. The minimum absolute atomic E-state index is 0.265. The quantitative estimate of drug-likeness (QED) is 0.860. The van der Waals surface area contributed by atoms with Gasteiger partial charge in [-0.1, -0.05) is 6.92 Å². The van der Waals surface area contributed by atoms with Crippen molar-refractivity contribution < 1.29 is 9.84 Å². The minimum Gasteiger partial charge on any atom is -0.392 e. The van der Waals surface area contributed by atoms with Gasteiger partial charge in [-0.05, 0) is 31.2 Å². The largest absolute Gasteiger partial charge is 0.392 e. The van der Waals surface area contributed by atoms with Crippen molar-refractivity contribution in [2.45, 2.75) is 38.7 Å². The van der Waals surface area contributed by atoms with E-state index in [-0.39, 0.29) is 6.10 Å². The van der Waals surface area contributed by atoms with Gasteiger partial charge in [-0.25, -0.2) is 0 Å². The Kier molecular flexibility index (Phi) is 4.18. The van der Waals surface area contributed by atoms with Gasteiger partial charge in [0.15, 0.2) is 0 Å². The summed E-state index contributed by atoms with van der Waals surface area (Å²) >= 11 is 0. The highest BCUT2D eigenvalue weighted by atomic mass is 16.5. The Morgan fingerprint density at radius 2 is 2.24 bits per heavy atom. The fraction of sp³-hybridized carbons (Fsp3) is 0.769. The molecule has 1 atom stereocenters. The van der Waals surface area contributed by atoms with E-state index in [9.17, 15) is 5.11 Å². The Morgan fingerprint density at radius 1 is 1.53 bits per heavy atom. The smallest absolute Gasteiger partial charge is 0.0625 e. The van der Waals surface area contributed by atoms with E-state index in [0.29, 0.717) is 12.3 Å². The summed E-state index contributed by atoms with van der Waals surface area (Å²) in [4.78, 5) is 0. The third kappa shape index (κ3) is 3.07. The van der Waals surface area contributed by atoms with Crippen LogP contribution in [0.5, 0.6) is 0 Å². The molecule has 2 heterocycles. The first-order valence-corrected chi connectivity index (χ1v) is 6.48. The molecule has 0 spiro atoms. The van der Waals surface area contributed by atoms with E-state index in [0.717, 1.165) is 43.9 Å². The number of aliphatic hydroxyl groups is 1. The van der Waals surface area contributed by atoms with Crippen LogP contribution in [-0.4, -0.2) is 34.2 Å². The summed E-state index contributed by atoms with van der Waals surface area (Å²) in [6.07, 6.45) is 3.33. The lowest BCUT2D eigenvalue weighted by atomic mass is 9.91. The number of rotatable bonds is 4. The topological polar surface area (TPSA) is 47.3 Å². The van der Waals surface area contributed by atoms with Crippen molar-refractivity contribution in [3.63, 3.8) is 0 Å². The summed E-state index contributed by atoms with van der Waals surface area (Å²) in [5.74, 6) is 0.378. The molecular formula is C13H22N2O2. The molecular weight excluding hydrogens is 216 g/mol. The molecule has 17 heavy (non-hydrogen) atoms. The summed E-state index contributed by atoms with van der Waals surface area (Å²) in [6.45, 7) is 3.67. The number of ether oxygens (including phenoxy) is 1. The van der Waals surface area contributed by atoms with Crippen LogP contribution in [0.15, 0.2) is 6.07 Å². The molecule has 1 aromatic rings. The molecule has 96 valence electrons. The Labute approximate surface area is 103 Å². The maximum absolute atomic E-state index is 10.2. The van der Waals surface area contributed by atoms with Crippen molar-refractivity contribution in [2.75, 3.05) is 13.2 Å². The van der Waals surface area contributed by atoms with Crippen LogP contribution in [0.1, 0.15) is 31.2 Å². The number of hydrogen-bond acceptors (Lipinski definition) is 3.